The summed E-state index contributed by atoms with van der Waals surface area (Å²) in [6, 6.07) is 3.48. The number of hydrogen-bond donors (Lipinski definition) is 3. The molecule has 4 N–H and O–H groups in total. The van der Waals surface area contributed by atoms with Crippen molar-refractivity contribution in [1.82, 2.24) is 4.98 Å². The number of amides is 1. The Balaban J connectivity index is 1.74. The Hall–Kier alpha value is -3.41. The molecule has 6 heteroatoms. The fourth-order valence-electron chi connectivity index (χ4n) is 3.84. The lowest BCUT2D eigenvalue weighted by Crippen LogP contribution is -2.15. The van der Waals surface area contributed by atoms with Gasteiger partial charge in [-0.1, -0.05) is 24.8 Å². The van der Waals surface area contributed by atoms with Crippen LogP contribution in [-0.2, 0) is 4.79 Å². The van der Waals surface area contributed by atoms with Crippen molar-refractivity contribution in [3.05, 3.63) is 65.4 Å². The number of hydrazone groups is 1. The van der Waals surface area contributed by atoms with Crippen molar-refractivity contribution < 1.29 is 9.59 Å². The minimum Gasteiger partial charge on any atom is -0.360 e. The van der Waals surface area contributed by atoms with E-state index in [9.17, 15) is 9.59 Å². The van der Waals surface area contributed by atoms with Crippen LogP contribution in [0.3, 0.4) is 0 Å². The number of carbonyl (C=O) groups excluding carboxylic acids is 2. The minimum atomic E-state index is -0.0679. The molecule has 0 radical (unpaired) electrons. The summed E-state index contributed by atoms with van der Waals surface area (Å²) in [5, 5.41) is 7.17. The molecule has 28 heavy (non-hydrogen) atoms. The van der Waals surface area contributed by atoms with E-state index in [-0.39, 0.29) is 11.8 Å². The molecule has 1 aromatic carbocycles. The zero-order valence-corrected chi connectivity index (χ0v) is 15.9. The van der Waals surface area contributed by atoms with Gasteiger partial charge in [-0.2, -0.15) is 5.10 Å². The van der Waals surface area contributed by atoms with Crippen molar-refractivity contribution in [3.63, 3.8) is 0 Å². The summed E-state index contributed by atoms with van der Waals surface area (Å²) in [7, 11) is 0. The smallest absolute Gasteiger partial charge is 0.224 e. The van der Waals surface area contributed by atoms with Crippen LogP contribution in [0.2, 0.25) is 0 Å². The number of aromatic nitrogens is 1. The van der Waals surface area contributed by atoms with Crippen molar-refractivity contribution in [2.24, 2.45) is 16.9 Å². The van der Waals surface area contributed by atoms with Crippen molar-refractivity contribution in [2.45, 2.75) is 26.2 Å². The maximum Gasteiger partial charge on any atom is 0.224 e. The number of fused-ring (bicyclic) bond motifs is 1. The first-order valence-corrected chi connectivity index (χ1v) is 9.20. The molecule has 0 saturated heterocycles. The van der Waals surface area contributed by atoms with Crippen LogP contribution in [0.1, 0.15) is 42.1 Å². The van der Waals surface area contributed by atoms with Crippen molar-refractivity contribution in [2.75, 3.05) is 5.32 Å². The van der Waals surface area contributed by atoms with Crippen LogP contribution in [0.5, 0.6) is 0 Å². The highest BCUT2D eigenvalue weighted by molar-refractivity contribution is 6.09. The van der Waals surface area contributed by atoms with E-state index < -0.39 is 0 Å². The first-order chi connectivity index (χ1) is 13.6. The predicted octanol–water partition coefficient (Wildman–Crippen LogP) is 4.07. The molecule has 6 nitrogen and oxygen atoms in total. The summed E-state index contributed by atoms with van der Waals surface area (Å²) in [4.78, 5) is 27.2. The van der Waals surface area contributed by atoms with Gasteiger partial charge >= 0.3 is 0 Å². The van der Waals surface area contributed by atoms with Crippen LogP contribution in [0.25, 0.3) is 10.9 Å². The second-order valence-corrected chi connectivity index (χ2v) is 6.91. The Morgan fingerprint density at radius 1 is 1.36 bits per heavy atom. The van der Waals surface area contributed by atoms with E-state index in [4.69, 9.17) is 5.84 Å². The molecule has 1 aliphatic rings. The number of rotatable bonds is 7. The highest BCUT2D eigenvalue weighted by Crippen LogP contribution is 2.35. The predicted molar refractivity (Wildman–Crippen MR) is 113 cm³/mol. The molecule has 1 aromatic heterocycles. The number of aromatic amines is 1. The third kappa shape index (κ3) is 3.96. The lowest BCUT2D eigenvalue weighted by Gasteiger charge is -2.11. The number of allylic oxidation sites excluding steroid dienone is 5. The Morgan fingerprint density at radius 3 is 2.82 bits per heavy atom. The fraction of sp³-hybridized carbons (Fsp3) is 0.227. The van der Waals surface area contributed by atoms with Crippen molar-refractivity contribution in [1.29, 1.82) is 0 Å². The normalized spacial score (nSPS) is 17.1. The zero-order chi connectivity index (χ0) is 20.1. The molecule has 1 amide bonds. The molecular formula is C22H24N4O2. The Kier molecular flexibility index (Phi) is 5.89. The summed E-state index contributed by atoms with van der Waals surface area (Å²) in [5.74, 6) is 5.41. The number of hydrogen-bond acceptors (Lipinski definition) is 4. The lowest BCUT2D eigenvalue weighted by atomic mass is 10.00. The SMILES string of the molecule is C=CC1=C(/C=C\C)CC(CC(=O)Nc2cc(C=O)c3c(/C=N\N)c[nH]c3c2)C1. The number of nitrogens with zero attached hydrogens (tertiary/aromatic N) is 1. The lowest BCUT2D eigenvalue weighted by molar-refractivity contribution is -0.117. The molecule has 0 bridgehead atoms. The maximum atomic E-state index is 12.6. The maximum absolute atomic E-state index is 12.6. The number of aldehydes is 1. The fourth-order valence-corrected chi connectivity index (χ4v) is 3.84. The van der Waals surface area contributed by atoms with Gasteiger partial charge in [0.25, 0.3) is 0 Å². The molecule has 1 atom stereocenters. The minimum absolute atomic E-state index is 0.0679. The topological polar surface area (TPSA) is 100 Å². The summed E-state index contributed by atoms with van der Waals surface area (Å²) < 4.78 is 0. The zero-order valence-electron chi connectivity index (χ0n) is 15.9. The van der Waals surface area contributed by atoms with Crippen LogP contribution in [0, 0.1) is 5.92 Å². The Bertz CT molecular complexity index is 1010. The van der Waals surface area contributed by atoms with Gasteiger partial charge in [0.05, 0.1) is 6.21 Å². The molecule has 3 rings (SSSR count). The van der Waals surface area contributed by atoms with Gasteiger partial charge in [-0.15, -0.1) is 0 Å². The van der Waals surface area contributed by atoms with Crippen LogP contribution in [0.15, 0.2) is 59.4 Å². The Morgan fingerprint density at radius 2 is 2.14 bits per heavy atom. The number of benzene rings is 1. The number of nitrogens with one attached hydrogen (secondary N) is 2. The highest BCUT2D eigenvalue weighted by Gasteiger charge is 2.23. The third-order valence-electron chi connectivity index (χ3n) is 4.98. The van der Waals surface area contributed by atoms with E-state index in [1.165, 1.54) is 17.4 Å². The quantitative estimate of drug-likeness (QED) is 0.294. The molecule has 0 saturated carbocycles. The van der Waals surface area contributed by atoms with Gasteiger partial charge in [-0.3, -0.25) is 9.59 Å². The van der Waals surface area contributed by atoms with E-state index in [0.29, 0.717) is 17.7 Å². The van der Waals surface area contributed by atoms with Crippen molar-refractivity contribution >= 4 is 35.0 Å². The van der Waals surface area contributed by atoms with Gasteiger partial charge in [0, 0.05) is 40.3 Å². The van der Waals surface area contributed by atoms with Gasteiger partial charge in [-0.25, -0.2) is 0 Å². The second kappa shape index (κ2) is 8.52. The van der Waals surface area contributed by atoms with E-state index in [2.05, 4.69) is 28.1 Å². The van der Waals surface area contributed by atoms with Gasteiger partial charge in [0.1, 0.15) is 0 Å². The van der Waals surface area contributed by atoms with Crippen LogP contribution < -0.4 is 11.2 Å². The van der Waals surface area contributed by atoms with E-state index in [0.717, 1.165) is 35.6 Å². The summed E-state index contributed by atoms with van der Waals surface area (Å²) in [6.45, 7) is 5.86. The van der Waals surface area contributed by atoms with E-state index in [1.54, 1.807) is 18.3 Å². The van der Waals surface area contributed by atoms with E-state index >= 15 is 0 Å². The average molecular weight is 376 g/mol. The summed E-state index contributed by atoms with van der Waals surface area (Å²) >= 11 is 0. The van der Waals surface area contributed by atoms with Gasteiger partial charge in [0.2, 0.25) is 5.91 Å². The molecule has 1 unspecified atom stereocenters. The summed E-state index contributed by atoms with van der Waals surface area (Å²) in [6.07, 6.45) is 12.1. The Labute approximate surface area is 163 Å². The van der Waals surface area contributed by atoms with E-state index in [1.807, 2.05) is 19.1 Å². The van der Waals surface area contributed by atoms with Crippen LogP contribution in [-0.4, -0.2) is 23.4 Å². The number of anilines is 1. The number of carbonyl (C=O) groups is 2. The first-order valence-electron chi connectivity index (χ1n) is 9.20. The molecule has 1 heterocycles. The van der Waals surface area contributed by atoms with Gasteiger partial charge < -0.3 is 16.1 Å². The molecular weight excluding hydrogens is 352 g/mol. The number of H-pyrrole nitrogens is 1. The monoisotopic (exact) mass is 376 g/mol. The van der Waals surface area contributed by atoms with Gasteiger partial charge in [0.15, 0.2) is 6.29 Å². The molecule has 0 fully saturated rings. The molecule has 0 aliphatic heterocycles. The largest absolute Gasteiger partial charge is 0.360 e. The van der Waals surface area contributed by atoms with Crippen LogP contribution >= 0.6 is 0 Å². The molecule has 0 spiro atoms. The average Bonchev–Trinajstić information content (AvgIpc) is 3.25. The standard InChI is InChI=1S/C22H24N4O2/c1-3-5-16-7-14(6-15(16)4-2)8-21(28)26-19-9-17(13-27)22-18(12-25-23)11-24-20(22)10-19/h3-5,9-14,24H,2,6-8,23H2,1H3,(H,26,28)/b5-3-,25-12-. The summed E-state index contributed by atoms with van der Waals surface area (Å²) in [5.41, 5.74) is 4.98. The van der Waals surface area contributed by atoms with Gasteiger partial charge in [-0.05, 0) is 49.0 Å². The molecule has 2 aromatic rings. The molecule has 1 aliphatic carbocycles. The van der Waals surface area contributed by atoms with Crippen LogP contribution in [0.4, 0.5) is 5.69 Å². The van der Waals surface area contributed by atoms with Crippen molar-refractivity contribution in [3.8, 4) is 0 Å². The highest BCUT2D eigenvalue weighted by atomic mass is 16.1. The third-order valence-corrected chi connectivity index (χ3v) is 4.98. The first kappa shape index (κ1) is 19.4. The number of nitrogens with two attached hydrogens (primary N) is 1. The molecule has 144 valence electrons. The second-order valence-electron chi connectivity index (χ2n) is 6.91.